The Morgan fingerprint density at radius 1 is 1.50 bits per heavy atom. The minimum Gasteiger partial charge on any atom is -0.357 e. The molecule has 1 unspecified atom stereocenters. The number of unbranched alkanes of at least 4 members (excludes halogenated alkanes) is 1. The van der Waals surface area contributed by atoms with Crippen LogP contribution in [0.1, 0.15) is 56.8 Å². The number of carbonyl (C=O) groups excluding carboxylic acids is 1. The van der Waals surface area contributed by atoms with Gasteiger partial charge in [0.2, 0.25) is 5.60 Å². The number of alkyl halides is 3. The fraction of sp³-hybridized carbons (Fsp3) is 0.778. The molecule has 8 heteroatoms. The quantitative estimate of drug-likeness (QED) is 0.826. The number of carbonyl (C=O) groups is 1. The minimum absolute atomic E-state index is 0.0542. The molecule has 0 spiro atoms. The topological polar surface area (TPSA) is 56.1 Å². The standard InChI is InChI=1S/C18H28F3N3O2/c1-4-5-7-14-8-6-9-26-17(11-14,18(19,20)21)16(25)22-12-15-10-13(2)24(3)23-15/h10,14H,4-9,11-12H2,1-3H3,(H,22,25)/t14?,17-/m0/s1. The maximum atomic E-state index is 13.9. The average Bonchev–Trinajstić information content (AvgIpc) is 2.76. The first-order chi connectivity index (χ1) is 12.2. The van der Waals surface area contributed by atoms with Crippen LogP contribution in [0.3, 0.4) is 0 Å². The maximum absolute atomic E-state index is 13.9. The molecule has 2 rings (SSSR count). The first-order valence-corrected chi connectivity index (χ1v) is 9.18. The molecule has 1 saturated heterocycles. The number of aromatic nitrogens is 2. The molecule has 1 N–H and O–H groups in total. The molecule has 2 heterocycles. The van der Waals surface area contributed by atoms with Crippen LogP contribution in [0.4, 0.5) is 13.2 Å². The molecular formula is C18H28F3N3O2. The zero-order valence-electron chi connectivity index (χ0n) is 15.7. The number of amides is 1. The summed E-state index contributed by atoms with van der Waals surface area (Å²) in [4.78, 5) is 12.6. The van der Waals surface area contributed by atoms with Gasteiger partial charge in [-0.2, -0.15) is 18.3 Å². The molecule has 1 fully saturated rings. The summed E-state index contributed by atoms with van der Waals surface area (Å²) < 4.78 is 48.5. The third-order valence-electron chi connectivity index (χ3n) is 5.07. The molecule has 26 heavy (non-hydrogen) atoms. The Balaban J connectivity index is 2.16. The highest BCUT2D eigenvalue weighted by Gasteiger charge is 2.62. The summed E-state index contributed by atoms with van der Waals surface area (Å²) in [5.41, 5.74) is -1.39. The van der Waals surface area contributed by atoms with E-state index in [9.17, 15) is 18.0 Å². The van der Waals surface area contributed by atoms with Crippen LogP contribution < -0.4 is 5.32 Å². The van der Waals surface area contributed by atoms with E-state index in [1.54, 1.807) is 17.8 Å². The predicted octanol–water partition coefficient (Wildman–Crippen LogP) is 3.65. The number of hydrogen-bond acceptors (Lipinski definition) is 3. The Morgan fingerprint density at radius 3 is 2.81 bits per heavy atom. The normalized spacial score (nSPS) is 24.3. The molecular weight excluding hydrogens is 347 g/mol. The molecule has 5 nitrogen and oxygen atoms in total. The molecule has 0 aromatic carbocycles. The van der Waals surface area contributed by atoms with Gasteiger partial charge >= 0.3 is 6.18 Å². The van der Waals surface area contributed by atoms with Crippen molar-refractivity contribution < 1.29 is 22.7 Å². The van der Waals surface area contributed by atoms with Gasteiger partial charge in [0.15, 0.2) is 0 Å². The summed E-state index contributed by atoms with van der Waals surface area (Å²) in [5.74, 6) is -1.28. The second-order valence-corrected chi connectivity index (χ2v) is 7.11. The molecule has 1 aliphatic rings. The largest absolute Gasteiger partial charge is 0.426 e. The molecule has 1 aromatic rings. The van der Waals surface area contributed by atoms with Crippen LogP contribution in [0.15, 0.2) is 6.07 Å². The van der Waals surface area contributed by atoms with Crippen molar-refractivity contribution in [3.8, 4) is 0 Å². The molecule has 0 radical (unpaired) electrons. The van der Waals surface area contributed by atoms with E-state index in [1.807, 2.05) is 13.8 Å². The van der Waals surface area contributed by atoms with Crippen LogP contribution in [0.5, 0.6) is 0 Å². The van der Waals surface area contributed by atoms with Gasteiger partial charge in [-0.05, 0) is 38.2 Å². The summed E-state index contributed by atoms with van der Waals surface area (Å²) in [6.07, 6.45) is -1.42. The van der Waals surface area contributed by atoms with E-state index in [0.717, 1.165) is 18.5 Å². The number of aryl methyl sites for hydroxylation is 2. The highest BCUT2D eigenvalue weighted by atomic mass is 19.4. The van der Waals surface area contributed by atoms with Crippen LogP contribution >= 0.6 is 0 Å². The van der Waals surface area contributed by atoms with Crippen LogP contribution in [0, 0.1) is 12.8 Å². The monoisotopic (exact) mass is 375 g/mol. The predicted molar refractivity (Wildman–Crippen MR) is 91.4 cm³/mol. The highest BCUT2D eigenvalue weighted by molar-refractivity contribution is 5.86. The van der Waals surface area contributed by atoms with Gasteiger partial charge in [-0.3, -0.25) is 9.48 Å². The van der Waals surface area contributed by atoms with E-state index < -0.39 is 17.7 Å². The van der Waals surface area contributed by atoms with Crippen molar-refractivity contribution in [3.05, 3.63) is 17.5 Å². The Bertz CT molecular complexity index is 596. The third kappa shape index (κ3) is 4.58. The van der Waals surface area contributed by atoms with Gasteiger partial charge in [-0.15, -0.1) is 0 Å². The number of hydrogen-bond donors (Lipinski definition) is 1. The molecule has 2 atom stereocenters. The van der Waals surface area contributed by atoms with Gasteiger partial charge in [0.25, 0.3) is 5.91 Å². The Kier molecular flexibility index (Phi) is 6.71. The molecule has 1 amide bonds. The van der Waals surface area contributed by atoms with Crippen molar-refractivity contribution in [2.45, 2.75) is 70.7 Å². The Morgan fingerprint density at radius 2 is 2.23 bits per heavy atom. The average molecular weight is 375 g/mol. The smallest absolute Gasteiger partial charge is 0.357 e. The minimum atomic E-state index is -4.76. The van der Waals surface area contributed by atoms with Crippen LogP contribution in [0.25, 0.3) is 0 Å². The third-order valence-corrected chi connectivity index (χ3v) is 5.07. The maximum Gasteiger partial charge on any atom is 0.426 e. The number of rotatable bonds is 6. The van der Waals surface area contributed by atoms with Gasteiger partial charge in [0.05, 0.1) is 12.2 Å². The van der Waals surface area contributed by atoms with Crippen LogP contribution in [0.2, 0.25) is 0 Å². The lowest BCUT2D eigenvalue weighted by Crippen LogP contribution is -2.59. The van der Waals surface area contributed by atoms with E-state index in [0.29, 0.717) is 25.0 Å². The summed E-state index contributed by atoms with van der Waals surface area (Å²) in [6.45, 7) is 3.73. The van der Waals surface area contributed by atoms with E-state index in [-0.39, 0.29) is 25.5 Å². The SMILES string of the molecule is CCCCC1CCCO[C@@](C(=O)NCc2cc(C)n(C)n2)(C(F)(F)F)C1. The van der Waals surface area contributed by atoms with Gasteiger partial charge < -0.3 is 10.1 Å². The second-order valence-electron chi connectivity index (χ2n) is 7.11. The lowest BCUT2D eigenvalue weighted by atomic mass is 9.84. The first kappa shape index (κ1) is 20.7. The van der Waals surface area contributed by atoms with E-state index in [1.165, 1.54) is 0 Å². The fourth-order valence-corrected chi connectivity index (χ4v) is 3.44. The van der Waals surface area contributed by atoms with Crippen molar-refractivity contribution >= 4 is 5.91 Å². The summed E-state index contributed by atoms with van der Waals surface area (Å²) in [5, 5.41) is 6.57. The zero-order valence-corrected chi connectivity index (χ0v) is 15.7. The van der Waals surface area contributed by atoms with E-state index >= 15 is 0 Å². The van der Waals surface area contributed by atoms with E-state index in [4.69, 9.17) is 4.74 Å². The van der Waals surface area contributed by atoms with Gasteiger partial charge in [-0.1, -0.05) is 26.2 Å². The van der Waals surface area contributed by atoms with Gasteiger partial charge in [-0.25, -0.2) is 0 Å². The van der Waals surface area contributed by atoms with Gasteiger partial charge in [0, 0.05) is 19.3 Å². The number of ether oxygens (including phenoxy) is 1. The van der Waals surface area contributed by atoms with Crippen molar-refractivity contribution in [3.63, 3.8) is 0 Å². The summed E-state index contributed by atoms with van der Waals surface area (Å²) >= 11 is 0. The number of halogens is 3. The highest BCUT2D eigenvalue weighted by Crippen LogP contribution is 2.43. The Labute approximate surface area is 152 Å². The van der Waals surface area contributed by atoms with Crippen LogP contribution in [-0.4, -0.2) is 34.1 Å². The van der Waals surface area contributed by atoms with Crippen LogP contribution in [-0.2, 0) is 23.1 Å². The zero-order chi connectivity index (χ0) is 19.4. The summed E-state index contributed by atoms with van der Waals surface area (Å²) in [6, 6.07) is 1.73. The molecule has 1 aliphatic heterocycles. The number of nitrogens with zero attached hydrogens (tertiary/aromatic N) is 2. The summed E-state index contributed by atoms with van der Waals surface area (Å²) in [7, 11) is 1.74. The molecule has 0 bridgehead atoms. The molecule has 0 aliphatic carbocycles. The molecule has 1 aromatic heterocycles. The fourth-order valence-electron chi connectivity index (χ4n) is 3.44. The molecule has 148 valence electrons. The van der Waals surface area contributed by atoms with Crippen molar-refractivity contribution in [1.29, 1.82) is 0 Å². The first-order valence-electron chi connectivity index (χ1n) is 9.18. The lowest BCUT2D eigenvalue weighted by Gasteiger charge is -2.34. The van der Waals surface area contributed by atoms with E-state index in [2.05, 4.69) is 10.4 Å². The molecule has 0 saturated carbocycles. The van der Waals surface area contributed by atoms with Crippen molar-refractivity contribution in [2.24, 2.45) is 13.0 Å². The van der Waals surface area contributed by atoms with Crippen molar-refractivity contribution in [2.75, 3.05) is 6.61 Å². The Hall–Kier alpha value is -1.57. The number of nitrogens with one attached hydrogen (secondary N) is 1. The second kappa shape index (κ2) is 8.41. The van der Waals surface area contributed by atoms with Gasteiger partial charge in [0.1, 0.15) is 0 Å². The lowest BCUT2D eigenvalue weighted by molar-refractivity contribution is -0.269. The van der Waals surface area contributed by atoms with Crippen molar-refractivity contribution in [1.82, 2.24) is 15.1 Å².